The summed E-state index contributed by atoms with van der Waals surface area (Å²) in [6.07, 6.45) is 0. The van der Waals surface area contributed by atoms with Gasteiger partial charge in [-0.3, -0.25) is 0 Å². The Bertz CT molecular complexity index is 720. The molecule has 2 N–H and O–H groups in total. The van der Waals surface area contributed by atoms with Crippen molar-refractivity contribution >= 4 is 5.95 Å². The van der Waals surface area contributed by atoms with E-state index in [1.54, 1.807) is 6.92 Å². The highest BCUT2D eigenvalue weighted by atomic mass is 16.7. The molecule has 0 saturated heterocycles. The van der Waals surface area contributed by atoms with E-state index in [2.05, 4.69) is 27.0 Å². The summed E-state index contributed by atoms with van der Waals surface area (Å²) in [5, 5.41) is 7.93. The molecule has 0 saturated carbocycles. The maximum absolute atomic E-state index is 5.69. The van der Waals surface area contributed by atoms with Gasteiger partial charge >= 0.3 is 0 Å². The van der Waals surface area contributed by atoms with E-state index in [-0.39, 0.29) is 12.7 Å². The van der Waals surface area contributed by atoms with Crippen LogP contribution in [0.3, 0.4) is 0 Å². The second kappa shape index (κ2) is 7.38. The first-order valence-electron chi connectivity index (χ1n) is 6.90. The zero-order valence-corrected chi connectivity index (χ0v) is 12.9. The Hall–Kier alpha value is -2.65. The van der Waals surface area contributed by atoms with Crippen molar-refractivity contribution in [1.82, 2.24) is 15.2 Å². The zero-order valence-electron chi connectivity index (χ0n) is 12.9. The topological polar surface area (TPSA) is 83.2 Å². The van der Waals surface area contributed by atoms with E-state index < -0.39 is 0 Å². The van der Waals surface area contributed by atoms with Gasteiger partial charge in [-0.2, -0.15) is 0 Å². The number of anilines is 1. The summed E-state index contributed by atoms with van der Waals surface area (Å²) in [5.41, 5.74) is 8.49. The molecule has 6 heteroatoms. The number of rotatable bonds is 5. The monoisotopic (exact) mass is 298 g/mol. The number of hydrogen-bond acceptors (Lipinski definition) is 6. The van der Waals surface area contributed by atoms with Crippen LogP contribution in [-0.2, 0) is 4.74 Å². The zero-order chi connectivity index (χ0) is 15.9. The average molecular weight is 298 g/mol. The number of hydrogen-bond donors (Lipinski definition) is 1. The van der Waals surface area contributed by atoms with E-state index >= 15 is 0 Å². The number of nitrogens with zero attached hydrogens (tertiary/aromatic N) is 3. The fourth-order valence-corrected chi connectivity index (χ4v) is 1.92. The minimum atomic E-state index is 0.145. The second-order valence-corrected chi connectivity index (χ2v) is 4.44. The number of benzene rings is 1. The molecule has 0 radical (unpaired) electrons. The van der Waals surface area contributed by atoms with Crippen LogP contribution >= 0.6 is 0 Å². The Labute approximate surface area is 129 Å². The molecule has 2 rings (SSSR count). The van der Waals surface area contributed by atoms with Gasteiger partial charge < -0.3 is 15.2 Å². The minimum Gasteiger partial charge on any atom is -0.467 e. The van der Waals surface area contributed by atoms with Crippen LogP contribution in [0.1, 0.15) is 25.1 Å². The standard InChI is InChI=1S/C16H18N4O2/c1-4-6-12-7-8-13(14(9-12)22-10-21-5-2)15-11(3)18-16(17)20-19-15/h7-9H,5,10H2,1-3H3,(H2,17,18,20). The molecule has 1 aromatic heterocycles. The molecule has 1 heterocycles. The van der Waals surface area contributed by atoms with Gasteiger partial charge in [0.25, 0.3) is 0 Å². The molecule has 0 atom stereocenters. The third-order valence-electron chi connectivity index (χ3n) is 2.89. The second-order valence-electron chi connectivity index (χ2n) is 4.44. The Morgan fingerprint density at radius 3 is 2.77 bits per heavy atom. The molecule has 0 unspecified atom stereocenters. The fourth-order valence-electron chi connectivity index (χ4n) is 1.92. The van der Waals surface area contributed by atoms with E-state index in [1.165, 1.54) is 0 Å². The van der Waals surface area contributed by atoms with E-state index in [1.807, 2.05) is 32.0 Å². The largest absolute Gasteiger partial charge is 0.467 e. The summed E-state index contributed by atoms with van der Waals surface area (Å²) in [5.74, 6) is 6.63. The van der Waals surface area contributed by atoms with Crippen molar-refractivity contribution in [3.8, 4) is 28.8 Å². The molecular weight excluding hydrogens is 280 g/mol. The molecule has 1 aromatic carbocycles. The maximum atomic E-state index is 5.69. The van der Waals surface area contributed by atoms with Crippen LogP contribution in [-0.4, -0.2) is 28.6 Å². The number of aryl methyl sites for hydroxylation is 1. The quantitative estimate of drug-likeness (QED) is 0.517. The van der Waals surface area contributed by atoms with Crippen molar-refractivity contribution in [1.29, 1.82) is 0 Å². The highest BCUT2D eigenvalue weighted by Crippen LogP contribution is 2.31. The smallest absolute Gasteiger partial charge is 0.240 e. The third-order valence-corrected chi connectivity index (χ3v) is 2.89. The van der Waals surface area contributed by atoms with Crippen LogP contribution in [0.5, 0.6) is 5.75 Å². The molecule has 0 amide bonds. The maximum Gasteiger partial charge on any atom is 0.240 e. The van der Waals surface area contributed by atoms with Crippen molar-refractivity contribution in [3.63, 3.8) is 0 Å². The van der Waals surface area contributed by atoms with Crippen LogP contribution in [0.25, 0.3) is 11.3 Å². The lowest BCUT2D eigenvalue weighted by molar-refractivity contribution is 0.0227. The molecule has 114 valence electrons. The first-order chi connectivity index (χ1) is 10.7. The van der Waals surface area contributed by atoms with Crippen LogP contribution in [0.2, 0.25) is 0 Å². The predicted molar refractivity (Wildman–Crippen MR) is 84.1 cm³/mol. The highest BCUT2D eigenvalue weighted by molar-refractivity contribution is 5.70. The Kier molecular flexibility index (Phi) is 5.28. The van der Waals surface area contributed by atoms with Gasteiger partial charge in [-0.15, -0.1) is 16.1 Å². The van der Waals surface area contributed by atoms with Gasteiger partial charge in [0.05, 0.1) is 5.69 Å². The minimum absolute atomic E-state index is 0.145. The van der Waals surface area contributed by atoms with Crippen LogP contribution in [0.4, 0.5) is 5.95 Å². The van der Waals surface area contributed by atoms with Gasteiger partial charge in [0.15, 0.2) is 6.79 Å². The molecule has 0 spiro atoms. The van der Waals surface area contributed by atoms with Crippen molar-refractivity contribution in [2.24, 2.45) is 0 Å². The van der Waals surface area contributed by atoms with Crippen molar-refractivity contribution < 1.29 is 9.47 Å². The van der Waals surface area contributed by atoms with Crippen molar-refractivity contribution in [2.45, 2.75) is 20.8 Å². The molecule has 0 aliphatic heterocycles. The molecule has 0 fully saturated rings. The lowest BCUT2D eigenvalue weighted by atomic mass is 10.1. The molecule has 0 aliphatic carbocycles. The molecule has 0 bridgehead atoms. The van der Waals surface area contributed by atoms with Gasteiger partial charge in [-0.05, 0) is 39.0 Å². The number of aromatic nitrogens is 3. The van der Waals surface area contributed by atoms with Crippen molar-refractivity contribution in [3.05, 3.63) is 29.5 Å². The van der Waals surface area contributed by atoms with Crippen LogP contribution in [0, 0.1) is 18.8 Å². The molecule has 2 aromatic rings. The van der Waals surface area contributed by atoms with E-state index in [0.29, 0.717) is 23.7 Å². The lowest BCUT2D eigenvalue weighted by Gasteiger charge is -2.12. The number of nitrogens with two attached hydrogens (primary N) is 1. The van der Waals surface area contributed by atoms with Crippen LogP contribution in [0.15, 0.2) is 18.2 Å². The van der Waals surface area contributed by atoms with E-state index in [9.17, 15) is 0 Å². The van der Waals surface area contributed by atoms with E-state index in [4.69, 9.17) is 15.2 Å². The van der Waals surface area contributed by atoms with E-state index in [0.717, 1.165) is 11.1 Å². The SMILES string of the molecule is CC#Cc1ccc(-c2nnc(N)nc2C)c(OCOCC)c1. The van der Waals surface area contributed by atoms with Crippen LogP contribution < -0.4 is 10.5 Å². The molecule has 22 heavy (non-hydrogen) atoms. The Balaban J connectivity index is 2.45. The molecule has 0 aliphatic rings. The first-order valence-corrected chi connectivity index (χ1v) is 6.90. The Morgan fingerprint density at radius 2 is 2.09 bits per heavy atom. The summed E-state index contributed by atoms with van der Waals surface area (Å²) >= 11 is 0. The summed E-state index contributed by atoms with van der Waals surface area (Å²) in [4.78, 5) is 4.14. The van der Waals surface area contributed by atoms with Gasteiger partial charge in [-0.1, -0.05) is 5.92 Å². The summed E-state index contributed by atoms with van der Waals surface area (Å²) < 4.78 is 10.9. The number of ether oxygens (including phenoxy) is 2. The average Bonchev–Trinajstić information content (AvgIpc) is 2.49. The number of nitrogen functional groups attached to an aromatic ring is 1. The summed E-state index contributed by atoms with van der Waals surface area (Å²) in [7, 11) is 0. The van der Waals surface area contributed by atoms with Gasteiger partial charge in [0.2, 0.25) is 5.95 Å². The molecule has 6 nitrogen and oxygen atoms in total. The summed E-state index contributed by atoms with van der Waals surface area (Å²) in [6.45, 7) is 6.25. The molecular formula is C16H18N4O2. The normalized spacial score (nSPS) is 9.95. The summed E-state index contributed by atoms with van der Waals surface area (Å²) in [6, 6.07) is 5.63. The van der Waals surface area contributed by atoms with Crippen molar-refractivity contribution in [2.75, 3.05) is 19.1 Å². The highest BCUT2D eigenvalue weighted by Gasteiger charge is 2.13. The predicted octanol–water partition coefficient (Wildman–Crippen LogP) is 2.17. The fraction of sp³-hybridized carbons (Fsp3) is 0.312. The van der Waals surface area contributed by atoms with Gasteiger partial charge in [0, 0.05) is 17.7 Å². The third kappa shape index (κ3) is 3.71. The Morgan fingerprint density at radius 1 is 1.27 bits per heavy atom. The van der Waals surface area contributed by atoms with Gasteiger partial charge in [-0.25, -0.2) is 4.98 Å². The lowest BCUT2D eigenvalue weighted by Crippen LogP contribution is -2.06. The van der Waals surface area contributed by atoms with Gasteiger partial charge in [0.1, 0.15) is 11.4 Å². The first kappa shape index (κ1) is 15.7.